The number of rotatable bonds is 7. The third kappa shape index (κ3) is 4.43. The molecular formula is C22H24N4O4S2. The zero-order valence-electron chi connectivity index (χ0n) is 17.8. The fourth-order valence-corrected chi connectivity index (χ4v) is 5.67. The van der Waals surface area contributed by atoms with Crippen molar-refractivity contribution < 1.29 is 19.4 Å². The minimum atomic E-state index is -0.692. The van der Waals surface area contributed by atoms with Gasteiger partial charge in [0, 0.05) is 17.9 Å². The third-order valence-corrected chi connectivity index (χ3v) is 7.44. The number of hydrogen-bond acceptors (Lipinski definition) is 9. The summed E-state index contributed by atoms with van der Waals surface area (Å²) in [6.45, 7) is 4.08. The van der Waals surface area contributed by atoms with Crippen molar-refractivity contribution in [2.24, 2.45) is 5.73 Å². The van der Waals surface area contributed by atoms with Gasteiger partial charge >= 0.3 is 5.97 Å². The van der Waals surface area contributed by atoms with Crippen molar-refractivity contribution in [1.29, 1.82) is 0 Å². The second kappa shape index (κ2) is 9.43. The fourth-order valence-electron chi connectivity index (χ4n) is 3.81. The van der Waals surface area contributed by atoms with Crippen LogP contribution in [0.3, 0.4) is 0 Å². The summed E-state index contributed by atoms with van der Waals surface area (Å²) in [4.78, 5) is 38.0. The number of nitrogens with two attached hydrogens (primary N) is 1. The van der Waals surface area contributed by atoms with E-state index in [1.54, 1.807) is 23.6 Å². The molecule has 168 valence electrons. The summed E-state index contributed by atoms with van der Waals surface area (Å²) in [5.74, 6) is 0.668. The van der Waals surface area contributed by atoms with Gasteiger partial charge in [0.25, 0.3) is 0 Å². The Morgan fingerprint density at radius 1 is 1.31 bits per heavy atom. The maximum absolute atomic E-state index is 12.5. The number of β-amino-alcohol motifs (C(OH)–C–C–N with tert-alkyl or cyclic N) is 1. The number of thioether (sulfide) groups is 1. The van der Waals surface area contributed by atoms with Gasteiger partial charge in [0.2, 0.25) is 5.91 Å². The molecule has 10 heteroatoms. The van der Waals surface area contributed by atoms with E-state index in [9.17, 15) is 14.7 Å². The Kier molecular flexibility index (Phi) is 6.63. The van der Waals surface area contributed by atoms with Crippen LogP contribution < -0.4 is 10.6 Å². The molecule has 0 aliphatic carbocycles. The average molecular weight is 473 g/mol. The van der Waals surface area contributed by atoms with Gasteiger partial charge in [0.05, 0.1) is 23.8 Å². The van der Waals surface area contributed by atoms with E-state index in [1.165, 1.54) is 11.3 Å². The Morgan fingerprint density at radius 3 is 2.75 bits per heavy atom. The maximum Gasteiger partial charge on any atom is 0.348 e. The number of hydrogen-bond donors (Lipinski definition) is 2. The molecule has 0 saturated carbocycles. The van der Waals surface area contributed by atoms with Gasteiger partial charge in [-0.15, -0.1) is 23.1 Å². The number of ether oxygens (including phenoxy) is 1. The fraction of sp³-hybridized carbons (Fsp3) is 0.364. The highest BCUT2D eigenvalue weighted by molar-refractivity contribution is 7.98. The van der Waals surface area contributed by atoms with Crippen LogP contribution in [0, 0.1) is 6.92 Å². The van der Waals surface area contributed by atoms with E-state index in [4.69, 9.17) is 20.4 Å². The quantitative estimate of drug-likeness (QED) is 0.398. The summed E-state index contributed by atoms with van der Waals surface area (Å²) >= 11 is 2.85. The number of aliphatic hydroxyl groups is 1. The summed E-state index contributed by atoms with van der Waals surface area (Å²) < 4.78 is 5.21. The zero-order chi connectivity index (χ0) is 22.8. The molecule has 2 aromatic heterocycles. The molecule has 4 rings (SSSR count). The Balaban J connectivity index is 1.80. The van der Waals surface area contributed by atoms with Crippen LogP contribution in [0.25, 0.3) is 10.2 Å². The predicted octanol–water partition coefficient (Wildman–Crippen LogP) is 2.89. The highest BCUT2D eigenvalue weighted by atomic mass is 32.2. The van der Waals surface area contributed by atoms with Crippen LogP contribution >= 0.6 is 23.1 Å². The normalized spacial score (nSPS) is 18.3. The minimum absolute atomic E-state index is 0.231. The molecule has 3 N–H and O–H groups in total. The Hall–Kier alpha value is -2.69. The smallest absolute Gasteiger partial charge is 0.348 e. The summed E-state index contributed by atoms with van der Waals surface area (Å²) in [5, 5.41) is 10.9. The minimum Gasteiger partial charge on any atom is -0.462 e. The van der Waals surface area contributed by atoms with Crippen LogP contribution in [0.5, 0.6) is 0 Å². The Morgan fingerprint density at radius 2 is 2.06 bits per heavy atom. The molecular weight excluding hydrogens is 448 g/mol. The number of benzene rings is 1. The summed E-state index contributed by atoms with van der Waals surface area (Å²) in [7, 11) is 0. The van der Waals surface area contributed by atoms with Crippen LogP contribution in [-0.4, -0.2) is 52.2 Å². The van der Waals surface area contributed by atoms with Gasteiger partial charge in [-0.05, 0) is 31.5 Å². The van der Waals surface area contributed by atoms with Crippen molar-refractivity contribution >= 4 is 51.0 Å². The Bertz CT molecular complexity index is 1150. The monoisotopic (exact) mass is 472 g/mol. The van der Waals surface area contributed by atoms with Crippen molar-refractivity contribution in [2.45, 2.75) is 43.1 Å². The van der Waals surface area contributed by atoms with Crippen LogP contribution in [0.1, 0.15) is 34.4 Å². The van der Waals surface area contributed by atoms with Crippen molar-refractivity contribution in [3.8, 4) is 0 Å². The number of primary amides is 1. The topological polar surface area (TPSA) is 119 Å². The van der Waals surface area contributed by atoms with Crippen molar-refractivity contribution in [2.75, 3.05) is 18.1 Å². The molecule has 2 atom stereocenters. The van der Waals surface area contributed by atoms with E-state index < -0.39 is 24.0 Å². The second-order valence-electron chi connectivity index (χ2n) is 7.48. The van der Waals surface area contributed by atoms with Gasteiger partial charge in [0.1, 0.15) is 27.4 Å². The summed E-state index contributed by atoms with van der Waals surface area (Å²) in [5.41, 5.74) is 6.32. The second-order valence-corrected chi connectivity index (χ2v) is 9.53. The van der Waals surface area contributed by atoms with Crippen LogP contribution in [-0.2, 0) is 15.3 Å². The number of esters is 1. The highest BCUT2D eigenvalue weighted by Crippen LogP contribution is 2.39. The van der Waals surface area contributed by atoms with E-state index in [2.05, 4.69) is 0 Å². The average Bonchev–Trinajstić information content (AvgIpc) is 3.33. The van der Waals surface area contributed by atoms with Crippen molar-refractivity contribution in [3.63, 3.8) is 0 Å². The molecule has 0 bridgehead atoms. The first-order chi connectivity index (χ1) is 15.4. The molecule has 1 aliphatic heterocycles. The van der Waals surface area contributed by atoms with Gasteiger partial charge in [-0.3, -0.25) is 4.79 Å². The third-order valence-electron chi connectivity index (χ3n) is 5.27. The van der Waals surface area contributed by atoms with E-state index in [0.717, 1.165) is 4.90 Å². The van der Waals surface area contributed by atoms with Gasteiger partial charge in [0.15, 0.2) is 0 Å². The first-order valence-electron chi connectivity index (χ1n) is 10.3. The predicted molar refractivity (Wildman–Crippen MR) is 125 cm³/mol. The lowest BCUT2D eigenvalue weighted by Gasteiger charge is -2.24. The molecule has 8 nitrogen and oxygen atoms in total. The van der Waals surface area contributed by atoms with Crippen LogP contribution in [0.15, 0.2) is 35.2 Å². The number of carbonyl (C=O) groups excluding carboxylic acids is 2. The molecule has 3 aromatic rings. The number of carbonyl (C=O) groups is 2. The summed E-state index contributed by atoms with van der Waals surface area (Å²) in [6, 6.07) is 9.24. The molecule has 1 fully saturated rings. The number of fused-ring (bicyclic) bond motifs is 1. The molecule has 1 aliphatic rings. The maximum atomic E-state index is 12.5. The van der Waals surface area contributed by atoms with Gasteiger partial charge in [-0.2, -0.15) is 0 Å². The number of aliphatic hydroxyl groups excluding tert-OH is 1. The Labute approximate surface area is 193 Å². The SMILES string of the molecule is CCOC(=O)c1sc2nc(CSc3ccccc3)nc(N3C[C@H](O)C[C@@H]3C(N)=O)c2c1C. The van der Waals surface area contributed by atoms with Gasteiger partial charge < -0.3 is 20.5 Å². The van der Waals surface area contributed by atoms with E-state index in [-0.39, 0.29) is 19.6 Å². The molecule has 0 spiro atoms. The van der Waals surface area contributed by atoms with E-state index >= 15 is 0 Å². The molecule has 0 radical (unpaired) electrons. The number of nitrogens with zero attached hydrogens (tertiary/aromatic N) is 3. The molecule has 3 heterocycles. The lowest BCUT2D eigenvalue weighted by Crippen LogP contribution is -2.41. The van der Waals surface area contributed by atoms with E-state index in [0.29, 0.717) is 38.1 Å². The van der Waals surface area contributed by atoms with Crippen LogP contribution in [0.4, 0.5) is 5.82 Å². The number of anilines is 1. The first-order valence-corrected chi connectivity index (χ1v) is 12.1. The lowest BCUT2D eigenvalue weighted by atomic mass is 10.1. The zero-order valence-corrected chi connectivity index (χ0v) is 19.4. The summed E-state index contributed by atoms with van der Waals surface area (Å²) in [6.07, 6.45) is -0.453. The molecule has 1 saturated heterocycles. The van der Waals surface area contributed by atoms with Gasteiger partial charge in [-0.25, -0.2) is 14.8 Å². The van der Waals surface area contributed by atoms with Gasteiger partial charge in [-0.1, -0.05) is 18.2 Å². The van der Waals surface area contributed by atoms with E-state index in [1.807, 2.05) is 37.3 Å². The van der Waals surface area contributed by atoms with Crippen molar-refractivity contribution in [1.82, 2.24) is 9.97 Å². The standard InChI is InChI=1S/C22H24N4O4S2/c1-3-30-22(29)18-12(2)17-20(26-10-13(27)9-15(26)19(23)28)24-16(25-21(17)32-18)11-31-14-7-5-4-6-8-14/h4-8,13,15,27H,3,9-11H2,1-2H3,(H2,23,28)/t13-,15-/m1/s1. The molecule has 1 aromatic carbocycles. The van der Waals surface area contributed by atoms with Crippen molar-refractivity contribution in [3.05, 3.63) is 46.6 Å². The molecule has 32 heavy (non-hydrogen) atoms. The number of aromatic nitrogens is 2. The highest BCUT2D eigenvalue weighted by Gasteiger charge is 2.37. The molecule has 1 amide bonds. The first kappa shape index (κ1) is 22.5. The molecule has 0 unspecified atom stereocenters. The lowest BCUT2D eigenvalue weighted by molar-refractivity contribution is -0.119. The van der Waals surface area contributed by atoms with Crippen LogP contribution in [0.2, 0.25) is 0 Å². The largest absolute Gasteiger partial charge is 0.462 e. The number of amides is 1. The number of thiophene rings is 1. The number of aryl methyl sites for hydroxylation is 1.